The molecule has 0 spiro atoms. The topological polar surface area (TPSA) is 220 Å². The third-order valence-corrected chi connectivity index (χ3v) is 9.86. The molecule has 9 N–H and O–H groups in total. The van der Waals surface area contributed by atoms with Crippen molar-refractivity contribution in [3.05, 3.63) is 36.2 Å². The maximum absolute atomic E-state index is 12.0. The van der Waals surface area contributed by atoms with Gasteiger partial charge in [0, 0.05) is 56.6 Å². The van der Waals surface area contributed by atoms with Gasteiger partial charge >= 0.3 is 5.97 Å². The van der Waals surface area contributed by atoms with Gasteiger partial charge in [-0.1, -0.05) is 36.6 Å². The molecule has 0 radical (unpaired) electrons. The van der Waals surface area contributed by atoms with Crippen molar-refractivity contribution in [2.24, 2.45) is 5.73 Å². The van der Waals surface area contributed by atoms with Crippen molar-refractivity contribution in [1.29, 1.82) is 0 Å². The fourth-order valence-electron chi connectivity index (χ4n) is 6.83. The fourth-order valence-corrected chi connectivity index (χ4v) is 6.83. The Hall–Kier alpha value is -3.96. The summed E-state index contributed by atoms with van der Waals surface area (Å²) in [7, 11) is 0. The first kappa shape index (κ1) is 39.3. The molecule has 3 heterocycles. The first-order chi connectivity index (χ1) is 25.3. The van der Waals surface area contributed by atoms with E-state index in [0.717, 1.165) is 93.4 Å². The molecule has 286 valence electrons. The number of aliphatic hydroxyl groups is 1. The van der Waals surface area contributed by atoms with Gasteiger partial charge in [0.15, 0.2) is 0 Å². The van der Waals surface area contributed by atoms with E-state index in [1.54, 1.807) is 0 Å². The van der Waals surface area contributed by atoms with Gasteiger partial charge in [0.25, 0.3) is 0 Å². The van der Waals surface area contributed by atoms with Crippen LogP contribution in [0.25, 0.3) is 10.9 Å². The number of fused-ring (bicyclic) bond motifs is 1. The zero-order valence-corrected chi connectivity index (χ0v) is 30.3. The maximum atomic E-state index is 12.0. The standard InChI is InChI=1S/C36H58N12O4/c37-31(35(51)52)12-13-33(50)40-23-29(49)25-47-20-14-27(15-21-47)42-34-30-10-4-5-11-32(30)43-36(44-34)41-22-28-24-48(46-45-28)19-7-17-38-16-6-18-39-26-8-2-1-3-9-26/h4-5,10-11,24,26-27,29,31,38-39,49H,1-3,6-9,12-23,25,37H2,(H,40,50)(H,51,52)(H2,41,42,43,44)/t29-,31?/m1/s1. The number of carbonyl (C=O) groups excluding carboxylic acids is 1. The largest absolute Gasteiger partial charge is 0.480 e. The van der Waals surface area contributed by atoms with Crippen LogP contribution in [-0.2, 0) is 22.7 Å². The molecule has 52 heavy (non-hydrogen) atoms. The quantitative estimate of drug-likeness (QED) is 0.0692. The molecule has 16 heteroatoms. The van der Waals surface area contributed by atoms with E-state index in [0.29, 0.717) is 19.0 Å². The van der Waals surface area contributed by atoms with Gasteiger partial charge < -0.3 is 47.4 Å². The Morgan fingerprint density at radius 3 is 2.58 bits per heavy atom. The highest BCUT2D eigenvalue weighted by molar-refractivity contribution is 5.90. The number of hydrogen-bond acceptors (Lipinski definition) is 13. The van der Waals surface area contributed by atoms with Crippen molar-refractivity contribution >= 4 is 34.5 Å². The number of likely N-dealkylation sites (tertiary alicyclic amines) is 1. The van der Waals surface area contributed by atoms with Crippen LogP contribution >= 0.6 is 0 Å². The number of aliphatic carboxylic acids is 1. The summed E-state index contributed by atoms with van der Waals surface area (Å²) in [6.07, 6.45) is 12.0. The number of β-amino-alcohol motifs (C(OH)–C–C–N with tert-alkyl or cyclic N) is 1. The number of nitrogens with one attached hydrogen (secondary N) is 5. The van der Waals surface area contributed by atoms with E-state index in [1.807, 2.05) is 35.1 Å². The van der Waals surface area contributed by atoms with E-state index >= 15 is 0 Å². The van der Waals surface area contributed by atoms with Crippen molar-refractivity contribution in [3.63, 3.8) is 0 Å². The maximum Gasteiger partial charge on any atom is 0.320 e. The van der Waals surface area contributed by atoms with E-state index < -0.39 is 18.1 Å². The van der Waals surface area contributed by atoms with Gasteiger partial charge in [-0.2, -0.15) is 4.98 Å². The SMILES string of the molecule is NC(CCC(=O)NC[C@@H](O)CN1CCC(Nc2nc(NCc3cn(CCCNCCCNC4CCCCC4)nn3)nc3ccccc23)CC1)C(=O)O. The lowest BCUT2D eigenvalue weighted by molar-refractivity contribution is -0.138. The van der Waals surface area contributed by atoms with Crippen LogP contribution in [0.2, 0.25) is 0 Å². The molecule has 1 saturated carbocycles. The number of nitrogens with two attached hydrogens (primary N) is 1. The Labute approximate surface area is 306 Å². The molecule has 2 fully saturated rings. The zero-order valence-electron chi connectivity index (χ0n) is 30.3. The third-order valence-electron chi connectivity index (χ3n) is 9.86. The van der Waals surface area contributed by atoms with Crippen molar-refractivity contribution in [2.45, 2.75) is 108 Å². The van der Waals surface area contributed by atoms with E-state index in [2.05, 4.69) is 41.8 Å². The smallest absolute Gasteiger partial charge is 0.320 e. The van der Waals surface area contributed by atoms with Crippen molar-refractivity contribution in [3.8, 4) is 0 Å². The van der Waals surface area contributed by atoms with Gasteiger partial charge in [-0.15, -0.1) is 5.10 Å². The second-order valence-corrected chi connectivity index (χ2v) is 14.1. The minimum absolute atomic E-state index is 0.00471. The Bertz CT molecular complexity index is 1530. The number of carboxylic acid groups (broad SMARTS) is 1. The number of amides is 1. The fraction of sp³-hybridized carbons (Fsp3) is 0.667. The minimum Gasteiger partial charge on any atom is -0.480 e. The summed E-state index contributed by atoms with van der Waals surface area (Å²) in [4.78, 5) is 34.6. The number of para-hydroxylation sites is 1. The van der Waals surface area contributed by atoms with Crippen LogP contribution in [-0.4, -0.2) is 122 Å². The molecular weight excluding hydrogens is 664 g/mol. The summed E-state index contributed by atoms with van der Waals surface area (Å²) < 4.78 is 1.89. The predicted octanol–water partition coefficient (Wildman–Crippen LogP) is 1.67. The first-order valence-electron chi connectivity index (χ1n) is 19.1. The van der Waals surface area contributed by atoms with Crippen LogP contribution in [0.4, 0.5) is 11.8 Å². The Morgan fingerprint density at radius 2 is 1.77 bits per heavy atom. The van der Waals surface area contributed by atoms with Crippen LogP contribution < -0.4 is 32.3 Å². The van der Waals surface area contributed by atoms with E-state index in [-0.39, 0.29) is 31.3 Å². The number of benzene rings is 1. The molecular formula is C36H58N12O4. The number of aromatic nitrogens is 5. The van der Waals surface area contributed by atoms with Crippen LogP contribution in [0.15, 0.2) is 30.5 Å². The summed E-state index contributed by atoms with van der Waals surface area (Å²) in [6, 6.07) is 7.80. The molecule has 2 aliphatic rings. The summed E-state index contributed by atoms with van der Waals surface area (Å²) in [5, 5.41) is 45.8. The second-order valence-electron chi connectivity index (χ2n) is 14.1. The second kappa shape index (κ2) is 20.9. The van der Waals surface area contributed by atoms with Gasteiger partial charge in [-0.05, 0) is 76.7 Å². The predicted molar refractivity (Wildman–Crippen MR) is 201 cm³/mol. The van der Waals surface area contributed by atoms with Gasteiger partial charge in [0.05, 0.1) is 24.4 Å². The first-order valence-corrected chi connectivity index (χ1v) is 19.1. The minimum atomic E-state index is -1.13. The molecule has 3 aromatic rings. The van der Waals surface area contributed by atoms with Gasteiger partial charge in [-0.3, -0.25) is 14.3 Å². The van der Waals surface area contributed by atoms with Crippen LogP contribution in [0.5, 0.6) is 0 Å². The summed E-state index contributed by atoms with van der Waals surface area (Å²) in [6.45, 7) is 6.44. The van der Waals surface area contributed by atoms with Gasteiger partial charge in [-0.25, -0.2) is 4.98 Å². The summed E-state index contributed by atoms with van der Waals surface area (Å²) in [5.74, 6) is -0.161. The average molecular weight is 723 g/mol. The van der Waals surface area contributed by atoms with Crippen molar-refractivity contribution in [1.82, 2.24) is 45.8 Å². The Morgan fingerprint density at radius 1 is 0.981 bits per heavy atom. The number of rotatable bonds is 22. The number of piperidine rings is 1. The monoisotopic (exact) mass is 722 g/mol. The van der Waals surface area contributed by atoms with Gasteiger partial charge in [0.2, 0.25) is 11.9 Å². The van der Waals surface area contributed by atoms with Crippen LogP contribution in [0.1, 0.15) is 76.3 Å². The number of carboxylic acids is 1. The third kappa shape index (κ3) is 13.2. The zero-order chi connectivity index (χ0) is 36.5. The highest BCUT2D eigenvalue weighted by Crippen LogP contribution is 2.25. The lowest BCUT2D eigenvalue weighted by Gasteiger charge is -2.34. The summed E-state index contributed by atoms with van der Waals surface area (Å²) in [5.41, 5.74) is 7.12. The molecule has 1 saturated heterocycles. The highest BCUT2D eigenvalue weighted by atomic mass is 16.4. The Balaban J connectivity index is 1.000. The van der Waals surface area contributed by atoms with Crippen LogP contribution in [0.3, 0.4) is 0 Å². The van der Waals surface area contributed by atoms with E-state index in [4.69, 9.17) is 20.8 Å². The Kier molecular flexibility index (Phi) is 15.8. The molecule has 2 aromatic heterocycles. The molecule has 1 aliphatic carbocycles. The number of carbonyl (C=O) groups is 2. The molecule has 1 aromatic carbocycles. The normalized spacial score (nSPS) is 17.2. The lowest BCUT2D eigenvalue weighted by atomic mass is 9.95. The average Bonchev–Trinajstić information content (AvgIpc) is 3.62. The molecule has 1 unspecified atom stereocenters. The molecule has 16 nitrogen and oxygen atoms in total. The number of aliphatic hydroxyl groups excluding tert-OH is 1. The molecule has 2 atom stereocenters. The van der Waals surface area contributed by atoms with E-state index in [9.17, 15) is 14.7 Å². The number of anilines is 2. The van der Waals surface area contributed by atoms with Crippen molar-refractivity contribution < 1.29 is 19.8 Å². The number of nitrogens with zero attached hydrogens (tertiary/aromatic N) is 6. The lowest BCUT2D eigenvalue weighted by Crippen LogP contribution is -2.45. The van der Waals surface area contributed by atoms with Gasteiger partial charge in [0.1, 0.15) is 17.6 Å². The molecule has 1 aliphatic heterocycles. The van der Waals surface area contributed by atoms with E-state index in [1.165, 1.54) is 32.1 Å². The molecule has 5 rings (SSSR count). The number of hydrogen-bond donors (Lipinski definition) is 8. The van der Waals surface area contributed by atoms with Crippen molar-refractivity contribution in [2.75, 3.05) is 56.4 Å². The van der Waals surface area contributed by atoms with Crippen LogP contribution in [0, 0.1) is 0 Å². The summed E-state index contributed by atoms with van der Waals surface area (Å²) >= 11 is 0. The number of aryl methyl sites for hydroxylation is 1. The highest BCUT2D eigenvalue weighted by Gasteiger charge is 2.23. The molecule has 1 amide bonds. The molecule has 0 bridgehead atoms.